The molecule has 19 heavy (non-hydrogen) atoms. The van der Waals surface area contributed by atoms with Crippen LogP contribution in [0, 0.1) is 0 Å². The number of carbonyl (C=O) groups excluding carboxylic acids is 1. The lowest BCUT2D eigenvalue weighted by atomic mass is 10.1. The fraction of sp³-hybridized carbons (Fsp3) is 0.643. The van der Waals surface area contributed by atoms with Crippen LogP contribution >= 0.6 is 0 Å². The summed E-state index contributed by atoms with van der Waals surface area (Å²) in [5, 5.41) is 3.13. The Morgan fingerprint density at radius 2 is 2.05 bits per heavy atom. The van der Waals surface area contributed by atoms with Gasteiger partial charge in [0.2, 0.25) is 0 Å². The summed E-state index contributed by atoms with van der Waals surface area (Å²) in [6.45, 7) is 7.10. The lowest BCUT2D eigenvalue weighted by Crippen LogP contribution is -2.35. The number of nitrogens with one attached hydrogen (secondary N) is 1. The van der Waals surface area contributed by atoms with Crippen LogP contribution in [0.15, 0.2) is 12.4 Å². The predicted molar refractivity (Wildman–Crippen MR) is 77.3 cm³/mol. The van der Waals surface area contributed by atoms with Gasteiger partial charge in [-0.2, -0.15) is 0 Å². The lowest BCUT2D eigenvalue weighted by molar-refractivity contribution is 0.0730. The molecule has 0 aliphatic carbocycles. The minimum Gasteiger partial charge on any atom is -0.369 e. The van der Waals surface area contributed by atoms with Crippen molar-refractivity contribution in [2.24, 2.45) is 0 Å². The third-order valence-electron chi connectivity index (χ3n) is 3.12. The van der Waals surface area contributed by atoms with Crippen LogP contribution in [0.4, 0.5) is 5.82 Å². The molecule has 1 amide bonds. The molecule has 0 fully saturated rings. The number of anilines is 1. The second-order valence-electron chi connectivity index (χ2n) is 4.77. The summed E-state index contributed by atoms with van der Waals surface area (Å²) in [5.74, 6) is 0.637. The van der Waals surface area contributed by atoms with Crippen LogP contribution in [0.1, 0.15) is 50.5 Å². The van der Waals surface area contributed by atoms with E-state index in [2.05, 4.69) is 29.1 Å². The van der Waals surface area contributed by atoms with Crippen LogP contribution in [0.3, 0.4) is 0 Å². The standard InChI is InChI=1S/C14H24N4O/c1-5-7-11(3)18(4)14(19)12-9-17-13(10-16-12)15-8-6-2/h9-11H,5-8H2,1-4H3,(H,15,17). The average molecular weight is 264 g/mol. The summed E-state index contributed by atoms with van der Waals surface area (Å²) in [6, 6.07) is 0.220. The molecule has 1 unspecified atom stereocenters. The van der Waals surface area contributed by atoms with Crippen molar-refractivity contribution >= 4 is 11.7 Å². The van der Waals surface area contributed by atoms with Crippen LogP contribution in [0.25, 0.3) is 0 Å². The summed E-state index contributed by atoms with van der Waals surface area (Å²) in [7, 11) is 1.81. The van der Waals surface area contributed by atoms with Gasteiger partial charge in [0.15, 0.2) is 0 Å². The van der Waals surface area contributed by atoms with Gasteiger partial charge in [0.1, 0.15) is 11.5 Å². The van der Waals surface area contributed by atoms with Gasteiger partial charge >= 0.3 is 0 Å². The predicted octanol–water partition coefficient (Wildman–Crippen LogP) is 2.56. The zero-order chi connectivity index (χ0) is 14.3. The monoisotopic (exact) mass is 264 g/mol. The van der Waals surface area contributed by atoms with E-state index in [0.29, 0.717) is 11.5 Å². The number of rotatable bonds is 7. The summed E-state index contributed by atoms with van der Waals surface area (Å²) in [5.41, 5.74) is 0.396. The molecule has 0 aliphatic rings. The number of hydrogen-bond donors (Lipinski definition) is 1. The topological polar surface area (TPSA) is 58.1 Å². The Balaban J connectivity index is 2.66. The molecule has 1 heterocycles. The highest BCUT2D eigenvalue weighted by atomic mass is 16.2. The van der Waals surface area contributed by atoms with Crippen LogP contribution in [-0.4, -0.2) is 40.4 Å². The first-order chi connectivity index (χ1) is 9.10. The maximum Gasteiger partial charge on any atom is 0.274 e. The Morgan fingerprint density at radius 3 is 2.58 bits per heavy atom. The second kappa shape index (κ2) is 7.71. The minimum absolute atomic E-state index is 0.0736. The average Bonchev–Trinajstić information content (AvgIpc) is 2.44. The van der Waals surface area contributed by atoms with Gasteiger partial charge in [-0.3, -0.25) is 4.79 Å². The van der Waals surface area contributed by atoms with Gasteiger partial charge in [0.05, 0.1) is 12.4 Å². The molecule has 0 bridgehead atoms. The van der Waals surface area contributed by atoms with E-state index >= 15 is 0 Å². The number of carbonyl (C=O) groups is 1. The number of aromatic nitrogens is 2. The Hall–Kier alpha value is -1.65. The van der Waals surface area contributed by atoms with Gasteiger partial charge in [0, 0.05) is 19.6 Å². The van der Waals surface area contributed by atoms with Gasteiger partial charge in [-0.15, -0.1) is 0 Å². The number of amides is 1. The third kappa shape index (κ3) is 4.50. The van der Waals surface area contributed by atoms with Crippen LogP contribution in [0.2, 0.25) is 0 Å². The molecule has 1 rings (SSSR count). The molecule has 0 aliphatic heterocycles. The van der Waals surface area contributed by atoms with Crippen molar-refractivity contribution in [3.05, 3.63) is 18.1 Å². The quantitative estimate of drug-likeness (QED) is 0.822. The van der Waals surface area contributed by atoms with Crippen molar-refractivity contribution in [1.29, 1.82) is 0 Å². The highest BCUT2D eigenvalue weighted by molar-refractivity contribution is 5.92. The van der Waals surface area contributed by atoms with E-state index < -0.39 is 0 Å². The van der Waals surface area contributed by atoms with Crippen molar-refractivity contribution < 1.29 is 4.79 Å². The molecule has 0 radical (unpaired) electrons. The zero-order valence-electron chi connectivity index (χ0n) is 12.3. The Bertz CT molecular complexity index is 391. The van der Waals surface area contributed by atoms with Gasteiger partial charge in [0.25, 0.3) is 5.91 Å². The molecule has 5 heteroatoms. The first kappa shape index (κ1) is 15.4. The molecule has 0 spiro atoms. The van der Waals surface area contributed by atoms with Crippen molar-refractivity contribution in [2.75, 3.05) is 18.9 Å². The van der Waals surface area contributed by atoms with Gasteiger partial charge in [-0.1, -0.05) is 20.3 Å². The fourth-order valence-corrected chi connectivity index (χ4v) is 1.78. The smallest absolute Gasteiger partial charge is 0.274 e. The number of nitrogens with zero attached hydrogens (tertiary/aromatic N) is 3. The Kier molecular flexibility index (Phi) is 6.25. The molecular weight excluding hydrogens is 240 g/mol. The molecule has 1 aromatic rings. The summed E-state index contributed by atoms with van der Waals surface area (Å²) in [6.07, 6.45) is 6.23. The molecule has 1 N–H and O–H groups in total. The van der Waals surface area contributed by atoms with E-state index in [-0.39, 0.29) is 11.9 Å². The van der Waals surface area contributed by atoms with E-state index in [1.165, 1.54) is 6.20 Å². The van der Waals surface area contributed by atoms with Crippen LogP contribution < -0.4 is 5.32 Å². The van der Waals surface area contributed by atoms with Crippen LogP contribution in [0.5, 0.6) is 0 Å². The second-order valence-corrected chi connectivity index (χ2v) is 4.77. The molecule has 0 saturated carbocycles. The molecular formula is C14H24N4O. The highest BCUT2D eigenvalue weighted by Crippen LogP contribution is 2.09. The van der Waals surface area contributed by atoms with Gasteiger partial charge < -0.3 is 10.2 Å². The van der Waals surface area contributed by atoms with Crippen molar-refractivity contribution in [1.82, 2.24) is 14.9 Å². The molecule has 5 nitrogen and oxygen atoms in total. The summed E-state index contributed by atoms with van der Waals surface area (Å²) >= 11 is 0. The fourth-order valence-electron chi connectivity index (χ4n) is 1.78. The summed E-state index contributed by atoms with van der Waals surface area (Å²) < 4.78 is 0. The first-order valence-electron chi connectivity index (χ1n) is 6.93. The van der Waals surface area contributed by atoms with E-state index in [9.17, 15) is 4.79 Å². The maximum atomic E-state index is 12.2. The molecule has 1 atom stereocenters. The lowest BCUT2D eigenvalue weighted by Gasteiger charge is -2.24. The summed E-state index contributed by atoms with van der Waals surface area (Å²) in [4.78, 5) is 22.3. The van der Waals surface area contributed by atoms with E-state index in [1.54, 1.807) is 11.1 Å². The Morgan fingerprint density at radius 1 is 1.32 bits per heavy atom. The third-order valence-corrected chi connectivity index (χ3v) is 3.12. The highest BCUT2D eigenvalue weighted by Gasteiger charge is 2.18. The zero-order valence-corrected chi connectivity index (χ0v) is 12.3. The molecule has 0 saturated heterocycles. The van der Waals surface area contributed by atoms with E-state index in [1.807, 2.05) is 14.0 Å². The SMILES string of the molecule is CCCNc1cnc(C(=O)N(C)C(C)CCC)cn1. The number of hydrogen-bond acceptors (Lipinski definition) is 4. The largest absolute Gasteiger partial charge is 0.369 e. The van der Waals surface area contributed by atoms with Crippen molar-refractivity contribution in [3.63, 3.8) is 0 Å². The van der Waals surface area contributed by atoms with Crippen molar-refractivity contribution in [2.45, 2.75) is 46.1 Å². The first-order valence-corrected chi connectivity index (χ1v) is 6.93. The van der Waals surface area contributed by atoms with Crippen molar-refractivity contribution in [3.8, 4) is 0 Å². The molecule has 106 valence electrons. The Labute approximate surface area is 115 Å². The molecule has 1 aromatic heterocycles. The minimum atomic E-state index is -0.0736. The van der Waals surface area contributed by atoms with Gasteiger partial charge in [-0.05, 0) is 19.8 Å². The van der Waals surface area contributed by atoms with Gasteiger partial charge in [-0.25, -0.2) is 9.97 Å². The van der Waals surface area contributed by atoms with Crippen LogP contribution in [-0.2, 0) is 0 Å². The van der Waals surface area contributed by atoms with E-state index in [0.717, 1.165) is 25.8 Å². The van der Waals surface area contributed by atoms with E-state index in [4.69, 9.17) is 0 Å². The normalized spacial score (nSPS) is 12.0. The molecule has 0 aromatic carbocycles. The maximum absolute atomic E-state index is 12.2.